The molecular formula is C16H14F3N4O4S2-. The zero-order chi connectivity index (χ0) is 21.2. The standard InChI is InChI=1S/C16H15F3N4O4S2/c17-16(18,19)11-7-10(1-2-12(11)21-29(26)27)14(24)22-3-5-23(6-4-22)15(25)13-8-28-9-20-13/h1-2,7-9,21H,3-6H2,(H,26,27)/p-1. The summed E-state index contributed by atoms with van der Waals surface area (Å²) in [5.74, 6) is -0.898. The van der Waals surface area contributed by atoms with E-state index in [0.29, 0.717) is 11.8 Å². The predicted molar refractivity (Wildman–Crippen MR) is 97.9 cm³/mol. The molecule has 1 aliphatic heterocycles. The molecule has 1 aromatic carbocycles. The van der Waals surface area contributed by atoms with Crippen LogP contribution in [0.15, 0.2) is 29.1 Å². The van der Waals surface area contributed by atoms with Gasteiger partial charge in [-0.25, -0.2) is 4.98 Å². The van der Waals surface area contributed by atoms with Crippen LogP contribution in [0.25, 0.3) is 0 Å². The molecule has 29 heavy (non-hydrogen) atoms. The van der Waals surface area contributed by atoms with Crippen LogP contribution >= 0.6 is 11.3 Å². The van der Waals surface area contributed by atoms with E-state index in [9.17, 15) is 31.5 Å². The van der Waals surface area contributed by atoms with Crippen LogP contribution in [-0.4, -0.2) is 61.5 Å². The molecule has 3 rings (SSSR count). The molecule has 0 saturated carbocycles. The zero-order valence-electron chi connectivity index (χ0n) is 14.6. The number of piperazine rings is 1. The van der Waals surface area contributed by atoms with Crippen molar-refractivity contribution in [3.05, 3.63) is 45.9 Å². The van der Waals surface area contributed by atoms with E-state index in [1.165, 1.54) is 26.6 Å². The summed E-state index contributed by atoms with van der Waals surface area (Å²) in [6.07, 6.45) is -4.85. The van der Waals surface area contributed by atoms with Crippen LogP contribution in [0, 0.1) is 0 Å². The summed E-state index contributed by atoms with van der Waals surface area (Å²) in [4.78, 5) is 31.7. The number of anilines is 1. The Morgan fingerprint density at radius 1 is 1.14 bits per heavy atom. The van der Waals surface area contributed by atoms with Crippen molar-refractivity contribution in [1.29, 1.82) is 0 Å². The third kappa shape index (κ3) is 4.92. The van der Waals surface area contributed by atoms with Gasteiger partial charge in [-0.2, -0.15) is 13.2 Å². The van der Waals surface area contributed by atoms with E-state index >= 15 is 0 Å². The average molecular weight is 447 g/mol. The second kappa shape index (κ2) is 8.47. The van der Waals surface area contributed by atoms with Crippen molar-refractivity contribution >= 4 is 40.1 Å². The molecule has 0 aliphatic carbocycles. The number of rotatable bonds is 4. The molecule has 1 aromatic heterocycles. The van der Waals surface area contributed by atoms with Crippen LogP contribution in [-0.2, 0) is 17.4 Å². The average Bonchev–Trinajstić information content (AvgIpc) is 3.21. The number of carbonyl (C=O) groups is 2. The van der Waals surface area contributed by atoms with Gasteiger partial charge in [0.15, 0.2) is 0 Å². The summed E-state index contributed by atoms with van der Waals surface area (Å²) in [6.45, 7) is 0.757. The van der Waals surface area contributed by atoms with Gasteiger partial charge in [-0.15, -0.1) is 11.3 Å². The Balaban J connectivity index is 1.72. The van der Waals surface area contributed by atoms with Gasteiger partial charge < -0.3 is 19.1 Å². The van der Waals surface area contributed by atoms with Crippen LogP contribution in [0.2, 0.25) is 0 Å². The van der Waals surface area contributed by atoms with E-state index in [2.05, 4.69) is 4.98 Å². The van der Waals surface area contributed by atoms with Crippen molar-refractivity contribution in [2.24, 2.45) is 0 Å². The van der Waals surface area contributed by atoms with Crippen LogP contribution in [0.4, 0.5) is 18.9 Å². The van der Waals surface area contributed by atoms with E-state index in [1.54, 1.807) is 10.1 Å². The molecule has 13 heteroatoms. The second-order valence-corrected chi connectivity index (χ2v) is 7.45. The lowest BCUT2D eigenvalue weighted by Gasteiger charge is -2.34. The first kappa shape index (κ1) is 21.2. The van der Waals surface area contributed by atoms with Gasteiger partial charge in [0, 0.05) is 48.4 Å². The molecule has 156 valence electrons. The molecule has 1 saturated heterocycles. The number of halogens is 3. The van der Waals surface area contributed by atoms with Crippen molar-refractivity contribution in [2.45, 2.75) is 6.18 Å². The number of benzene rings is 1. The Hall–Kier alpha value is -2.51. The van der Waals surface area contributed by atoms with Crippen molar-refractivity contribution in [1.82, 2.24) is 14.8 Å². The van der Waals surface area contributed by atoms with Gasteiger partial charge in [0.25, 0.3) is 11.8 Å². The van der Waals surface area contributed by atoms with Gasteiger partial charge in [0.05, 0.1) is 16.8 Å². The molecule has 1 fully saturated rings. The first-order chi connectivity index (χ1) is 13.7. The summed E-state index contributed by atoms with van der Waals surface area (Å²) >= 11 is -1.66. The molecule has 2 heterocycles. The Morgan fingerprint density at radius 3 is 2.28 bits per heavy atom. The second-order valence-electron chi connectivity index (χ2n) is 6.05. The molecule has 0 radical (unpaired) electrons. The molecule has 2 aromatic rings. The number of alkyl halides is 3. The minimum atomic E-state index is -4.85. The molecule has 1 atom stereocenters. The summed E-state index contributed by atoms with van der Waals surface area (Å²) in [7, 11) is 0. The maximum atomic E-state index is 13.2. The number of nitrogens with zero attached hydrogens (tertiary/aromatic N) is 3. The number of aromatic nitrogens is 1. The topological polar surface area (TPSA) is 106 Å². The van der Waals surface area contributed by atoms with Crippen molar-refractivity contribution < 1.29 is 31.5 Å². The molecule has 1 aliphatic rings. The van der Waals surface area contributed by atoms with Crippen molar-refractivity contribution in [3.63, 3.8) is 0 Å². The largest absolute Gasteiger partial charge is 0.755 e. The predicted octanol–water partition coefficient (Wildman–Crippen LogP) is 1.97. The highest BCUT2D eigenvalue weighted by molar-refractivity contribution is 7.80. The number of hydrogen-bond acceptors (Lipinski definition) is 6. The quantitative estimate of drug-likeness (QED) is 0.722. The minimum absolute atomic E-state index is 0.153. The van der Waals surface area contributed by atoms with Crippen LogP contribution in [0.5, 0.6) is 0 Å². The highest BCUT2D eigenvalue weighted by Crippen LogP contribution is 2.36. The normalized spacial score (nSPS) is 15.9. The highest BCUT2D eigenvalue weighted by atomic mass is 32.2. The maximum Gasteiger partial charge on any atom is 0.418 e. The Morgan fingerprint density at radius 2 is 1.76 bits per heavy atom. The Labute approximate surface area is 169 Å². The molecule has 0 bridgehead atoms. The number of hydrogen-bond donors (Lipinski definition) is 1. The fourth-order valence-corrected chi connectivity index (χ4v) is 3.75. The van der Waals surface area contributed by atoms with Crippen molar-refractivity contribution in [2.75, 3.05) is 30.9 Å². The maximum absolute atomic E-state index is 13.2. The van der Waals surface area contributed by atoms with E-state index in [-0.39, 0.29) is 37.6 Å². The third-order valence-electron chi connectivity index (χ3n) is 4.27. The monoisotopic (exact) mass is 447 g/mol. The lowest BCUT2D eigenvalue weighted by atomic mass is 10.1. The Kier molecular flexibility index (Phi) is 6.19. The number of amides is 2. The molecular weight excluding hydrogens is 433 g/mol. The van der Waals surface area contributed by atoms with Crippen LogP contribution in [0.1, 0.15) is 26.4 Å². The third-order valence-corrected chi connectivity index (χ3v) is 5.24. The summed E-state index contributed by atoms with van der Waals surface area (Å²) < 4.78 is 62.8. The smallest absolute Gasteiger partial charge is 0.418 e. The first-order valence-electron chi connectivity index (χ1n) is 8.20. The number of nitrogens with one attached hydrogen (secondary N) is 1. The molecule has 0 spiro atoms. The van der Waals surface area contributed by atoms with E-state index in [4.69, 9.17) is 0 Å². The lowest BCUT2D eigenvalue weighted by molar-refractivity contribution is -0.136. The zero-order valence-corrected chi connectivity index (χ0v) is 16.3. The molecule has 2 amide bonds. The van der Waals surface area contributed by atoms with Gasteiger partial charge in [0.1, 0.15) is 5.69 Å². The SMILES string of the molecule is O=C(c1ccc(NS(=O)[O-])c(C(F)(F)F)c1)N1CCN(C(=O)c2cscn2)CC1. The fourth-order valence-electron chi connectivity index (χ4n) is 2.87. The van der Waals surface area contributed by atoms with Gasteiger partial charge in [0.2, 0.25) is 0 Å². The minimum Gasteiger partial charge on any atom is -0.755 e. The van der Waals surface area contributed by atoms with Gasteiger partial charge in [-0.3, -0.25) is 13.8 Å². The molecule has 1 N–H and O–H groups in total. The van der Waals surface area contributed by atoms with E-state index < -0.39 is 34.6 Å². The van der Waals surface area contributed by atoms with Gasteiger partial charge in [-0.05, 0) is 18.2 Å². The van der Waals surface area contributed by atoms with Crippen LogP contribution < -0.4 is 4.72 Å². The molecule has 1 unspecified atom stereocenters. The van der Waals surface area contributed by atoms with Gasteiger partial charge in [-0.1, -0.05) is 0 Å². The number of carbonyl (C=O) groups excluding carboxylic acids is 2. The van der Waals surface area contributed by atoms with Crippen molar-refractivity contribution in [3.8, 4) is 0 Å². The number of thiazole rings is 1. The fraction of sp³-hybridized carbons (Fsp3) is 0.312. The summed E-state index contributed by atoms with van der Waals surface area (Å²) in [5, 5.41) is 1.61. The van der Waals surface area contributed by atoms with E-state index in [1.807, 2.05) is 0 Å². The van der Waals surface area contributed by atoms with Crippen LogP contribution in [0.3, 0.4) is 0 Å². The summed E-state index contributed by atoms with van der Waals surface area (Å²) in [6, 6.07) is 2.64. The summed E-state index contributed by atoms with van der Waals surface area (Å²) in [5.41, 5.74) is -0.306. The molecule has 8 nitrogen and oxygen atoms in total. The Bertz CT molecular complexity index is 929. The highest BCUT2D eigenvalue weighted by Gasteiger charge is 2.35. The van der Waals surface area contributed by atoms with E-state index in [0.717, 1.165) is 12.1 Å². The first-order valence-corrected chi connectivity index (χ1v) is 10.2. The van der Waals surface area contributed by atoms with Gasteiger partial charge >= 0.3 is 6.18 Å². The lowest BCUT2D eigenvalue weighted by Crippen LogP contribution is -2.50.